The van der Waals surface area contributed by atoms with Gasteiger partial charge in [0, 0.05) is 11.3 Å². The fourth-order valence-electron chi connectivity index (χ4n) is 3.00. The van der Waals surface area contributed by atoms with E-state index in [1.807, 2.05) is 26.0 Å². The lowest BCUT2D eigenvalue weighted by Crippen LogP contribution is -2.36. The maximum absolute atomic E-state index is 12.8. The quantitative estimate of drug-likeness (QED) is 0.401. The average molecular weight is 503 g/mol. The summed E-state index contributed by atoms with van der Waals surface area (Å²) < 4.78 is 10.6. The fraction of sp³-hybridized carbons (Fsp3) is 0.250. The lowest BCUT2D eigenvalue weighted by molar-refractivity contribution is -0.127. The van der Waals surface area contributed by atoms with Crippen LogP contribution >= 0.6 is 23.4 Å². The highest BCUT2D eigenvalue weighted by atomic mass is 35.5. The van der Waals surface area contributed by atoms with Crippen LogP contribution < -0.4 is 10.1 Å². The molecule has 8 nitrogen and oxygen atoms in total. The minimum Gasteiger partial charge on any atom is -0.490 e. The zero-order chi connectivity index (χ0) is 24.8. The normalized spacial score (nSPS) is 15.4. The molecule has 0 unspecified atom stereocenters. The largest absolute Gasteiger partial charge is 0.490 e. The Hall–Kier alpha value is -3.30. The molecule has 0 saturated carbocycles. The first-order valence-electron chi connectivity index (χ1n) is 10.4. The Kier molecular flexibility index (Phi) is 8.36. The van der Waals surface area contributed by atoms with Crippen LogP contribution in [0.2, 0.25) is 5.02 Å². The number of hydrogen-bond acceptors (Lipinski definition) is 7. The van der Waals surface area contributed by atoms with E-state index in [2.05, 4.69) is 10.1 Å². The van der Waals surface area contributed by atoms with Crippen molar-refractivity contribution in [1.29, 1.82) is 0 Å². The van der Waals surface area contributed by atoms with Crippen LogP contribution in [0.25, 0.3) is 6.08 Å². The van der Waals surface area contributed by atoms with Gasteiger partial charge in [-0.2, -0.15) is 0 Å². The second kappa shape index (κ2) is 11.2. The minimum absolute atomic E-state index is 0.0131. The number of esters is 1. The molecule has 34 heavy (non-hydrogen) atoms. The number of carbonyl (C=O) groups excluding carboxylic acids is 4. The third-order valence-corrected chi connectivity index (χ3v) is 6.18. The van der Waals surface area contributed by atoms with Crippen molar-refractivity contribution >= 4 is 58.1 Å². The predicted molar refractivity (Wildman–Crippen MR) is 131 cm³/mol. The number of nitrogens with one attached hydrogen (secondary N) is 1. The second-order valence-corrected chi connectivity index (χ2v) is 8.78. The van der Waals surface area contributed by atoms with Crippen molar-refractivity contribution in [3.05, 3.63) is 63.5 Å². The summed E-state index contributed by atoms with van der Waals surface area (Å²) in [5, 5.41) is 2.17. The SMILES string of the molecule is CC[C@H](C)Oc1ccccc1/C=C1/SC(=O)N(CC(=O)Nc2ccc(Cl)c(C(=O)OC)c2)C1=O. The molecule has 10 heteroatoms. The molecule has 0 radical (unpaired) electrons. The topological polar surface area (TPSA) is 102 Å². The van der Waals surface area contributed by atoms with Gasteiger partial charge in [-0.05, 0) is 55.4 Å². The Bertz CT molecular complexity index is 1170. The lowest BCUT2D eigenvalue weighted by atomic mass is 10.1. The number of hydrogen-bond donors (Lipinski definition) is 1. The van der Waals surface area contributed by atoms with Gasteiger partial charge < -0.3 is 14.8 Å². The molecule has 2 aromatic rings. The summed E-state index contributed by atoms with van der Waals surface area (Å²) >= 11 is 6.74. The molecule has 0 bridgehead atoms. The van der Waals surface area contributed by atoms with Crippen LogP contribution in [0, 0.1) is 0 Å². The Labute approximate surface area is 206 Å². The van der Waals surface area contributed by atoms with Crippen molar-refractivity contribution < 1.29 is 28.7 Å². The Morgan fingerprint density at radius 2 is 1.94 bits per heavy atom. The number of benzene rings is 2. The first-order chi connectivity index (χ1) is 16.2. The van der Waals surface area contributed by atoms with E-state index in [0.29, 0.717) is 11.3 Å². The molecule has 0 aliphatic carbocycles. The number of nitrogens with zero attached hydrogens (tertiary/aromatic N) is 1. The second-order valence-electron chi connectivity index (χ2n) is 7.38. The molecule has 0 aromatic heterocycles. The number of anilines is 1. The van der Waals surface area contributed by atoms with E-state index in [4.69, 9.17) is 16.3 Å². The summed E-state index contributed by atoms with van der Waals surface area (Å²) in [6, 6.07) is 11.5. The zero-order valence-corrected chi connectivity index (χ0v) is 20.4. The van der Waals surface area contributed by atoms with Gasteiger partial charge in [0.15, 0.2) is 0 Å². The average Bonchev–Trinajstić information content (AvgIpc) is 3.08. The molecule has 1 aliphatic heterocycles. The summed E-state index contributed by atoms with van der Waals surface area (Å²) in [6.07, 6.45) is 2.39. The maximum atomic E-state index is 12.8. The Morgan fingerprint density at radius 1 is 1.21 bits per heavy atom. The number of methoxy groups -OCH3 is 1. The van der Waals surface area contributed by atoms with Gasteiger partial charge in [-0.25, -0.2) is 4.79 Å². The van der Waals surface area contributed by atoms with Gasteiger partial charge in [0.25, 0.3) is 11.1 Å². The van der Waals surface area contributed by atoms with E-state index in [9.17, 15) is 19.2 Å². The molecule has 1 saturated heterocycles. The lowest BCUT2D eigenvalue weighted by Gasteiger charge is -2.15. The number of imide groups is 1. The van der Waals surface area contributed by atoms with Gasteiger partial charge in [-0.15, -0.1) is 0 Å². The van der Waals surface area contributed by atoms with E-state index in [1.54, 1.807) is 18.2 Å². The first kappa shape index (κ1) is 25.3. The van der Waals surface area contributed by atoms with Crippen molar-refractivity contribution in [3.63, 3.8) is 0 Å². The van der Waals surface area contributed by atoms with Gasteiger partial charge in [0.2, 0.25) is 5.91 Å². The van der Waals surface area contributed by atoms with E-state index in [0.717, 1.165) is 23.1 Å². The molecule has 3 amide bonds. The smallest absolute Gasteiger partial charge is 0.339 e. The highest BCUT2D eigenvalue weighted by Gasteiger charge is 2.36. The van der Waals surface area contributed by atoms with Crippen LogP contribution in [0.1, 0.15) is 36.2 Å². The zero-order valence-electron chi connectivity index (χ0n) is 18.8. The van der Waals surface area contributed by atoms with Crippen molar-refractivity contribution in [1.82, 2.24) is 4.90 Å². The van der Waals surface area contributed by atoms with Crippen LogP contribution in [0.3, 0.4) is 0 Å². The molecule has 0 spiro atoms. The molecule has 178 valence electrons. The monoisotopic (exact) mass is 502 g/mol. The van der Waals surface area contributed by atoms with Gasteiger partial charge in [0.1, 0.15) is 12.3 Å². The summed E-state index contributed by atoms with van der Waals surface area (Å²) in [5.74, 6) is -1.24. The number of halogens is 1. The molecular weight excluding hydrogens is 480 g/mol. The molecular formula is C24H23ClN2O6S. The van der Waals surface area contributed by atoms with Gasteiger partial charge in [-0.1, -0.05) is 36.7 Å². The highest BCUT2D eigenvalue weighted by Crippen LogP contribution is 2.34. The first-order valence-corrected chi connectivity index (χ1v) is 11.6. The van der Waals surface area contributed by atoms with Crippen LogP contribution in [0.4, 0.5) is 10.5 Å². The third-order valence-electron chi connectivity index (χ3n) is 4.94. The molecule has 2 aromatic carbocycles. The fourth-order valence-corrected chi connectivity index (χ4v) is 4.02. The van der Waals surface area contributed by atoms with E-state index in [-0.39, 0.29) is 27.3 Å². The molecule has 1 N–H and O–H groups in total. The van der Waals surface area contributed by atoms with Crippen LogP contribution in [0.15, 0.2) is 47.4 Å². The minimum atomic E-state index is -0.658. The maximum Gasteiger partial charge on any atom is 0.339 e. The number of ether oxygens (including phenoxy) is 2. The summed E-state index contributed by atoms with van der Waals surface area (Å²) in [6.45, 7) is 3.46. The van der Waals surface area contributed by atoms with Crippen molar-refractivity contribution in [2.45, 2.75) is 26.4 Å². The Morgan fingerprint density at radius 3 is 2.65 bits per heavy atom. The summed E-state index contributed by atoms with van der Waals surface area (Å²) in [4.78, 5) is 50.6. The summed E-state index contributed by atoms with van der Waals surface area (Å²) in [5.41, 5.74) is 1.01. The van der Waals surface area contributed by atoms with E-state index < -0.39 is 29.6 Å². The molecule has 1 fully saturated rings. The predicted octanol–water partition coefficient (Wildman–Crippen LogP) is 4.98. The Balaban J connectivity index is 1.72. The molecule has 1 aliphatic rings. The molecule has 3 rings (SSSR count). The van der Waals surface area contributed by atoms with Gasteiger partial charge in [0.05, 0.1) is 28.7 Å². The summed E-state index contributed by atoms with van der Waals surface area (Å²) in [7, 11) is 1.21. The van der Waals surface area contributed by atoms with Crippen molar-refractivity contribution in [2.24, 2.45) is 0 Å². The van der Waals surface area contributed by atoms with E-state index >= 15 is 0 Å². The van der Waals surface area contributed by atoms with E-state index in [1.165, 1.54) is 25.3 Å². The molecule has 1 heterocycles. The third kappa shape index (κ3) is 5.98. The van der Waals surface area contributed by atoms with Gasteiger partial charge in [-0.3, -0.25) is 19.3 Å². The molecule has 1 atom stereocenters. The van der Waals surface area contributed by atoms with Crippen molar-refractivity contribution in [2.75, 3.05) is 19.0 Å². The van der Waals surface area contributed by atoms with Crippen LogP contribution in [-0.4, -0.2) is 47.7 Å². The number of thioether (sulfide) groups is 1. The van der Waals surface area contributed by atoms with Gasteiger partial charge >= 0.3 is 5.97 Å². The number of amides is 3. The van der Waals surface area contributed by atoms with Crippen molar-refractivity contribution in [3.8, 4) is 5.75 Å². The number of carbonyl (C=O) groups is 4. The van der Waals surface area contributed by atoms with Crippen LogP contribution in [0.5, 0.6) is 5.75 Å². The number of para-hydroxylation sites is 1. The highest BCUT2D eigenvalue weighted by molar-refractivity contribution is 8.18. The van der Waals surface area contributed by atoms with Crippen LogP contribution in [-0.2, 0) is 14.3 Å². The number of rotatable bonds is 8. The standard InChI is InChI=1S/C24H23ClN2O6S/c1-4-14(2)33-19-8-6-5-7-15(19)11-20-22(29)27(24(31)34-20)13-21(28)26-16-9-10-18(25)17(12-16)23(30)32-3/h5-12,14H,4,13H2,1-3H3,(H,26,28)/b20-11+/t14-/m0/s1.